The van der Waals surface area contributed by atoms with Gasteiger partial charge in [0.25, 0.3) is 0 Å². The minimum Gasteiger partial charge on any atom is -0.269 e. The van der Waals surface area contributed by atoms with Crippen molar-refractivity contribution in [2.75, 3.05) is 0 Å². The molecule has 0 fully saturated rings. The van der Waals surface area contributed by atoms with Crippen LogP contribution >= 0.6 is 0 Å². The molecular weight excluding hydrogens is 384 g/mol. The Morgan fingerprint density at radius 3 is 2.39 bits per heavy atom. The maximum absolute atomic E-state index is 13.6. The predicted molar refractivity (Wildman–Crippen MR) is 104 cm³/mol. The van der Waals surface area contributed by atoms with Crippen LogP contribution in [0.15, 0.2) is 71.6 Å². The standard InChI is InChI=1S/C20H17F2N3O2S/c1-13(19-23-17-8-4-5-9-18(17)25(19)20(21)22)24-28(26,27)16-11-10-14-6-2-3-7-15(14)12-16/h2-13,20,24H,1H3/t13-/m0/s1. The van der Waals surface area contributed by atoms with Gasteiger partial charge in [-0.3, -0.25) is 4.57 Å². The molecular formula is C20H17F2N3O2S. The summed E-state index contributed by atoms with van der Waals surface area (Å²) >= 11 is 0. The summed E-state index contributed by atoms with van der Waals surface area (Å²) in [5.41, 5.74) is 0.638. The Morgan fingerprint density at radius 2 is 1.64 bits per heavy atom. The van der Waals surface area contributed by atoms with Crippen molar-refractivity contribution < 1.29 is 17.2 Å². The molecule has 0 saturated heterocycles. The first-order valence-electron chi connectivity index (χ1n) is 8.63. The van der Waals surface area contributed by atoms with Crippen LogP contribution in [0.5, 0.6) is 0 Å². The SMILES string of the molecule is C[C@H](NS(=O)(=O)c1ccc2ccccc2c1)c1nc2ccccc2n1C(F)F. The van der Waals surface area contributed by atoms with E-state index in [0.29, 0.717) is 5.52 Å². The van der Waals surface area contributed by atoms with Gasteiger partial charge in [0, 0.05) is 0 Å². The van der Waals surface area contributed by atoms with E-state index in [4.69, 9.17) is 0 Å². The number of fused-ring (bicyclic) bond motifs is 2. The van der Waals surface area contributed by atoms with Crippen LogP contribution in [0.25, 0.3) is 21.8 Å². The monoisotopic (exact) mass is 401 g/mol. The second-order valence-corrected chi connectivity index (χ2v) is 8.17. The zero-order valence-corrected chi connectivity index (χ0v) is 15.7. The number of para-hydroxylation sites is 2. The average Bonchev–Trinajstić information content (AvgIpc) is 3.07. The van der Waals surface area contributed by atoms with E-state index in [1.807, 2.05) is 24.3 Å². The van der Waals surface area contributed by atoms with Crippen molar-refractivity contribution in [2.45, 2.75) is 24.4 Å². The van der Waals surface area contributed by atoms with Gasteiger partial charge in [-0.2, -0.15) is 8.78 Å². The number of alkyl halides is 2. The highest BCUT2D eigenvalue weighted by molar-refractivity contribution is 7.89. The maximum atomic E-state index is 13.6. The van der Waals surface area contributed by atoms with Gasteiger partial charge in [-0.25, -0.2) is 18.1 Å². The fourth-order valence-corrected chi connectivity index (χ4v) is 4.50. The summed E-state index contributed by atoms with van der Waals surface area (Å²) in [4.78, 5) is 4.29. The van der Waals surface area contributed by atoms with E-state index in [1.165, 1.54) is 19.1 Å². The summed E-state index contributed by atoms with van der Waals surface area (Å²) in [6.07, 6.45) is 0. The van der Waals surface area contributed by atoms with Gasteiger partial charge in [0.15, 0.2) is 0 Å². The van der Waals surface area contributed by atoms with Crippen molar-refractivity contribution in [1.29, 1.82) is 0 Å². The lowest BCUT2D eigenvalue weighted by atomic mass is 10.1. The number of nitrogens with one attached hydrogen (secondary N) is 1. The quantitative estimate of drug-likeness (QED) is 0.531. The molecule has 0 amide bonds. The Kier molecular flexibility index (Phi) is 4.60. The fourth-order valence-electron chi connectivity index (χ4n) is 3.26. The summed E-state index contributed by atoms with van der Waals surface area (Å²) in [5.74, 6) is -0.0411. The maximum Gasteiger partial charge on any atom is 0.320 e. The van der Waals surface area contributed by atoms with Crippen molar-refractivity contribution in [3.63, 3.8) is 0 Å². The number of halogens is 2. The first-order valence-corrected chi connectivity index (χ1v) is 10.1. The lowest BCUT2D eigenvalue weighted by Gasteiger charge is -2.16. The molecule has 0 unspecified atom stereocenters. The number of sulfonamides is 1. The lowest BCUT2D eigenvalue weighted by Crippen LogP contribution is -2.29. The first kappa shape index (κ1) is 18.5. The van der Waals surface area contributed by atoms with Crippen LogP contribution in [0.1, 0.15) is 25.3 Å². The van der Waals surface area contributed by atoms with Crippen LogP contribution in [-0.2, 0) is 10.0 Å². The van der Waals surface area contributed by atoms with Crippen LogP contribution in [0.2, 0.25) is 0 Å². The molecule has 144 valence electrons. The molecule has 5 nitrogen and oxygen atoms in total. The van der Waals surface area contributed by atoms with Crippen LogP contribution in [0, 0.1) is 0 Å². The van der Waals surface area contributed by atoms with E-state index in [2.05, 4.69) is 9.71 Å². The molecule has 0 bridgehead atoms. The zero-order valence-electron chi connectivity index (χ0n) is 14.9. The number of hydrogen-bond acceptors (Lipinski definition) is 3. The van der Waals surface area contributed by atoms with Gasteiger partial charge in [-0.05, 0) is 42.0 Å². The molecule has 0 spiro atoms. The van der Waals surface area contributed by atoms with Gasteiger partial charge in [-0.15, -0.1) is 0 Å². The molecule has 0 saturated carbocycles. The highest BCUT2D eigenvalue weighted by atomic mass is 32.2. The van der Waals surface area contributed by atoms with E-state index < -0.39 is 22.6 Å². The minimum atomic E-state index is -3.93. The molecule has 1 atom stereocenters. The van der Waals surface area contributed by atoms with E-state index in [1.54, 1.807) is 30.3 Å². The number of aromatic nitrogens is 2. The largest absolute Gasteiger partial charge is 0.320 e. The van der Waals surface area contributed by atoms with Gasteiger partial charge in [-0.1, -0.05) is 42.5 Å². The molecule has 0 aliphatic heterocycles. The van der Waals surface area contributed by atoms with Crippen molar-refractivity contribution in [2.24, 2.45) is 0 Å². The summed E-state index contributed by atoms with van der Waals surface area (Å²) in [5, 5.41) is 1.69. The van der Waals surface area contributed by atoms with E-state index in [0.717, 1.165) is 15.3 Å². The summed E-state index contributed by atoms with van der Waals surface area (Å²) in [7, 11) is -3.93. The normalized spacial score (nSPS) is 13.4. The Labute approximate surface area is 160 Å². The fraction of sp³-hybridized carbons (Fsp3) is 0.150. The summed E-state index contributed by atoms with van der Waals surface area (Å²) in [6, 6.07) is 17.7. The van der Waals surface area contributed by atoms with Crippen molar-refractivity contribution >= 4 is 31.8 Å². The third kappa shape index (κ3) is 3.25. The van der Waals surface area contributed by atoms with Gasteiger partial charge >= 0.3 is 6.55 Å². The average molecular weight is 401 g/mol. The molecule has 4 rings (SSSR count). The van der Waals surface area contributed by atoms with Crippen molar-refractivity contribution in [1.82, 2.24) is 14.3 Å². The van der Waals surface area contributed by atoms with Gasteiger partial charge in [0.2, 0.25) is 10.0 Å². The number of hydrogen-bond donors (Lipinski definition) is 1. The second-order valence-electron chi connectivity index (χ2n) is 6.46. The van der Waals surface area contributed by atoms with Crippen LogP contribution < -0.4 is 4.72 Å². The van der Waals surface area contributed by atoms with Crippen LogP contribution in [0.3, 0.4) is 0 Å². The summed E-state index contributed by atoms with van der Waals surface area (Å²) in [6.45, 7) is -1.34. The Bertz CT molecular complexity index is 1270. The highest BCUT2D eigenvalue weighted by Crippen LogP contribution is 2.28. The number of benzene rings is 3. The number of nitrogens with zero attached hydrogens (tertiary/aromatic N) is 2. The second kappa shape index (κ2) is 6.96. The van der Waals surface area contributed by atoms with Gasteiger partial charge < -0.3 is 0 Å². The molecule has 1 aromatic heterocycles. The highest BCUT2D eigenvalue weighted by Gasteiger charge is 2.26. The molecule has 0 aliphatic rings. The van der Waals surface area contributed by atoms with E-state index in [9.17, 15) is 17.2 Å². The first-order chi connectivity index (χ1) is 13.4. The van der Waals surface area contributed by atoms with Crippen molar-refractivity contribution in [3.05, 3.63) is 72.6 Å². The van der Waals surface area contributed by atoms with Gasteiger partial charge in [0.1, 0.15) is 5.82 Å². The third-order valence-electron chi connectivity index (χ3n) is 4.57. The minimum absolute atomic E-state index is 0.0411. The number of imidazole rings is 1. The zero-order chi connectivity index (χ0) is 19.9. The smallest absolute Gasteiger partial charge is 0.269 e. The van der Waals surface area contributed by atoms with Gasteiger partial charge in [0.05, 0.1) is 22.0 Å². The molecule has 0 aliphatic carbocycles. The topological polar surface area (TPSA) is 64.0 Å². The molecule has 1 heterocycles. The molecule has 3 aromatic carbocycles. The summed E-state index contributed by atoms with van der Waals surface area (Å²) < 4.78 is 56.1. The molecule has 0 radical (unpaired) electrons. The third-order valence-corrected chi connectivity index (χ3v) is 6.11. The Balaban J connectivity index is 1.71. The molecule has 1 N–H and O–H groups in total. The molecule has 8 heteroatoms. The predicted octanol–water partition coefficient (Wildman–Crippen LogP) is 4.62. The lowest BCUT2D eigenvalue weighted by molar-refractivity contribution is 0.0702. The Morgan fingerprint density at radius 1 is 0.964 bits per heavy atom. The van der Waals surface area contributed by atoms with E-state index in [-0.39, 0.29) is 16.2 Å². The van der Waals surface area contributed by atoms with Crippen LogP contribution in [0.4, 0.5) is 8.78 Å². The Hall–Kier alpha value is -2.84. The van der Waals surface area contributed by atoms with Crippen LogP contribution in [-0.4, -0.2) is 18.0 Å². The van der Waals surface area contributed by atoms with E-state index >= 15 is 0 Å². The molecule has 4 aromatic rings. The molecule has 28 heavy (non-hydrogen) atoms. The van der Waals surface area contributed by atoms with Crippen molar-refractivity contribution in [3.8, 4) is 0 Å². The number of rotatable bonds is 5.